The highest BCUT2D eigenvalue weighted by Crippen LogP contribution is 2.38. The van der Waals surface area contributed by atoms with Crippen molar-refractivity contribution in [2.45, 2.75) is 13.8 Å². The van der Waals surface area contributed by atoms with Gasteiger partial charge >= 0.3 is 0 Å². The second kappa shape index (κ2) is 8.32. The Morgan fingerprint density at radius 2 is 1.75 bits per heavy atom. The molecule has 0 unspecified atom stereocenters. The molecule has 4 aromatic rings. The number of nitrogens with one attached hydrogen (secondary N) is 1. The zero-order valence-electron chi connectivity index (χ0n) is 17.4. The molecular weight excluding hydrogens is 426 g/mol. The van der Waals surface area contributed by atoms with Crippen LogP contribution in [0.2, 0.25) is 0 Å². The molecule has 1 aliphatic rings. The van der Waals surface area contributed by atoms with Crippen LogP contribution in [-0.2, 0) is 0 Å². The average molecular weight is 446 g/mol. The molecular formula is C24H19N3O4S. The second-order valence-corrected chi connectivity index (χ2v) is 8.14. The number of hydrogen-bond donors (Lipinski definition) is 1. The van der Waals surface area contributed by atoms with Gasteiger partial charge in [0.05, 0.1) is 5.69 Å². The maximum atomic E-state index is 12.4. The summed E-state index contributed by atoms with van der Waals surface area (Å²) in [5.74, 6) is 2.58. The van der Waals surface area contributed by atoms with Gasteiger partial charge in [0.15, 0.2) is 16.6 Å². The lowest BCUT2D eigenvalue weighted by molar-refractivity contribution is 0.102. The molecule has 7 nitrogen and oxygen atoms in total. The third-order valence-electron chi connectivity index (χ3n) is 5.01. The van der Waals surface area contributed by atoms with Crippen molar-refractivity contribution in [1.82, 2.24) is 9.97 Å². The normalized spacial score (nSPS) is 11.9. The number of nitrogens with zero attached hydrogens (tertiary/aromatic N) is 2. The minimum atomic E-state index is -0.214. The van der Waals surface area contributed by atoms with E-state index >= 15 is 0 Å². The van der Waals surface area contributed by atoms with Crippen LogP contribution in [0, 0.1) is 13.8 Å². The van der Waals surface area contributed by atoms with Gasteiger partial charge in [0.1, 0.15) is 11.5 Å². The van der Waals surface area contributed by atoms with Crippen LogP contribution in [0.3, 0.4) is 0 Å². The molecule has 3 heterocycles. The standard InChI is InChI=1S/C24H19N3O4S/c1-14-9-18(31-17-3-4-20-21(11-17)30-13-29-20)10-15(2)22(14)19-12-32-24(26-19)27-23(28)16-5-7-25-8-6-16/h3-12H,13H2,1-2H3,(H,26,27,28). The molecule has 0 spiro atoms. The number of anilines is 1. The summed E-state index contributed by atoms with van der Waals surface area (Å²) in [4.78, 5) is 20.9. The lowest BCUT2D eigenvalue weighted by atomic mass is 10.0. The molecule has 160 valence electrons. The Kier molecular flexibility index (Phi) is 5.20. The first-order valence-electron chi connectivity index (χ1n) is 9.93. The van der Waals surface area contributed by atoms with Crippen molar-refractivity contribution in [2.24, 2.45) is 0 Å². The van der Waals surface area contributed by atoms with Gasteiger partial charge in [-0.05, 0) is 61.4 Å². The molecule has 1 N–H and O–H groups in total. The number of ether oxygens (including phenoxy) is 3. The first kappa shape index (κ1) is 20.0. The van der Waals surface area contributed by atoms with Crippen LogP contribution in [-0.4, -0.2) is 22.7 Å². The fourth-order valence-electron chi connectivity index (χ4n) is 3.58. The molecule has 2 aromatic heterocycles. The minimum Gasteiger partial charge on any atom is -0.457 e. The minimum absolute atomic E-state index is 0.214. The number of hydrogen-bond acceptors (Lipinski definition) is 7. The Bertz CT molecular complexity index is 1280. The number of pyridine rings is 1. The van der Waals surface area contributed by atoms with Crippen molar-refractivity contribution in [3.8, 4) is 34.3 Å². The fourth-order valence-corrected chi connectivity index (χ4v) is 4.28. The highest BCUT2D eigenvalue weighted by Gasteiger charge is 2.16. The highest BCUT2D eigenvalue weighted by molar-refractivity contribution is 7.14. The molecule has 0 aliphatic carbocycles. The summed E-state index contributed by atoms with van der Waals surface area (Å²) in [6.45, 7) is 4.26. The zero-order chi connectivity index (χ0) is 22.1. The molecule has 1 aliphatic heterocycles. The predicted molar refractivity (Wildman–Crippen MR) is 122 cm³/mol. The topological polar surface area (TPSA) is 82.6 Å². The molecule has 2 aromatic carbocycles. The third-order valence-corrected chi connectivity index (χ3v) is 5.77. The van der Waals surface area contributed by atoms with Gasteiger partial charge in [-0.3, -0.25) is 15.1 Å². The van der Waals surface area contributed by atoms with E-state index in [0.29, 0.717) is 22.2 Å². The van der Waals surface area contributed by atoms with Gasteiger partial charge in [-0.15, -0.1) is 11.3 Å². The second-order valence-electron chi connectivity index (χ2n) is 7.28. The van der Waals surface area contributed by atoms with E-state index < -0.39 is 0 Å². The van der Waals surface area contributed by atoms with Gasteiger partial charge in [-0.2, -0.15) is 0 Å². The fraction of sp³-hybridized carbons (Fsp3) is 0.125. The van der Waals surface area contributed by atoms with Crippen molar-refractivity contribution in [1.29, 1.82) is 0 Å². The number of aromatic nitrogens is 2. The number of carbonyl (C=O) groups is 1. The monoisotopic (exact) mass is 445 g/mol. The zero-order valence-corrected chi connectivity index (χ0v) is 18.2. The summed E-state index contributed by atoms with van der Waals surface area (Å²) in [6.07, 6.45) is 3.17. The van der Waals surface area contributed by atoms with Crippen LogP contribution >= 0.6 is 11.3 Å². The molecule has 1 amide bonds. The first-order valence-corrected chi connectivity index (χ1v) is 10.8. The number of benzene rings is 2. The maximum Gasteiger partial charge on any atom is 0.257 e. The smallest absolute Gasteiger partial charge is 0.257 e. The molecule has 0 fully saturated rings. The Morgan fingerprint density at radius 1 is 1.00 bits per heavy atom. The summed E-state index contributed by atoms with van der Waals surface area (Å²) in [5.41, 5.74) is 4.42. The van der Waals surface area contributed by atoms with Crippen LogP contribution in [0.15, 0.2) is 60.2 Å². The van der Waals surface area contributed by atoms with Crippen molar-refractivity contribution in [2.75, 3.05) is 12.1 Å². The first-order chi connectivity index (χ1) is 15.6. The van der Waals surface area contributed by atoms with E-state index in [-0.39, 0.29) is 12.7 Å². The molecule has 0 atom stereocenters. The number of carbonyl (C=O) groups excluding carboxylic acids is 1. The van der Waals surface area contributed by atoms with E-state index in [1.807, 2.05) is 49.6 Å². The number of fused-ring (bicyclic) bond motifs is 1. The lowest BCUT2D eigenvalue weighted by Gasteiger charge is -2.12. The molecule has 8 heteroatoms. The van der Waals surface area contributed by atoms with Gasteiger partial charge in [-0.1, -0.05) is 0 Å². The van der Waals surface area contributed by atoms with Crippen LogP contribution in [0.25, 0.3) is 11.3 Å². The number of thiazole rings is 1. The summed E-state index contributed by atoms with van der Waals surface area (Å²) in [6, 6.07) is 12.8. The lowest BCUT2D eigenvalue weighted by Crippen LogP contribution is -2.11. The maximum absolute atomic E-state index is 12.4. The Labute approximate surface area is 188 Å². The number of aryl methyl sites for hydroxylation is 2. The van der Waals surface area contributed by atoms with Crippen LogP contribution in [0.4, 0.5) is 5.13 Å². The van der Waals surface area contributed by atoms with Crippen molar-refractivity contribution >= 4 is 22.4 Å². The third kappa shape index (κ3) is 4.00. The largest absolute Gasteiger partial charge is 0.457 e. The SMILES string of the molecule is Cc1cc(Oc2ccc3c(c2)OCO3)cc(C)c1-c1csc(NC(=O)c2ccncc2)n1. The van der Waals surface area contributed by atoms with Crippen LogP contribution < -0.4 is 19.5 Å². The summed E-state index contributed by atoms with van der Waals surface area (Å²) >= 11 is 1.39. The van der Waals surface area contributed by atoms with E-state index in [2.05, 4.69) is 15.3 Å². The predicted octanol–water partition coefficient (Wildman–Crippen LogP) is 5.60. The van der Waals surface area contributed by atoms with Gasteiger partial charge < -0.3 is 14.2 Å². The molecule has 0 radical (unpaired) electrons. The van der Waals surface area contributed by atoms with Crippen LogP contribution in [0.5, 0.6) is 23.0 Å². The molecule has 32 heavy (non-hydrogen) atoms. The molecule has 0 saturated carbocycles. The Balaban J connectivity index is 1.35. The van der Waals surface area contributed by atoms with Crippen molar-refractivity contribution in [3.05, 3.63) is 76.9 Å². The summed E-state index contributed by atoms with van der Waals surface area (Å²) in [5, 5.41) is 5.33. The van der Waals surface area contributed by atoms with E-state index in [1.54, 1.807) is 24.5 Å². The van der Waals surface area contributed by atoms with Gasteiger partial charge in [-0.25, -0.2) is 4.98 Å². The van der Waals surface area contributed by atoms with Gasteiger partial charge in [0.25, 0.3) is 5.91 Å². The number of amides is 1. The summed E-state index contributed by atoms with van der Waals surface area (Å²) in [7, 11) is 0. The Hall–Kier alpha value is -3.91. The van der Waals surface area contributed by atoms with E-state index in [4.69, 9.17) is 14.2 Å². The quantitative estimate of drug-likeness (QED) is 0.431. The molecule has 5 rings (SSSR count). The molecule has 0 saturated heterocycles. The molecule has 0 bridgehead atoms. The van der Waals surface area contributed by atoms with Gasteiger partial charge in [0.2, 0.25) is 6.79 Å². The summed E-state index contributed by atoms with van der Waals surface area (Å²) < 4.78 is 16.8. The number of rotatable bonds is 5. The Morgan fingerprint density at radius 3 is 2.53 bits per heavy atom. The van der Waals surface area contributed by atoms with Crippen LogP contribution in [0.1, 0.15) is 21.5 Å². The van der Waals surface area contributed by atoms with E-state index in [9.17, 15) is 4.79 Å². The highest BCUT2D eigenvalue weighted by atomic mass is 32.1. The van der Waals surface area contributed by atoms with E-state index in [1.165, 1.54) is 11.3 Å². The van der Waals surface area contributed by atoms with Gasteiger partial charge in [0, 0.05) is 35.0 Å². The van der Waals surface area contributed by atoms with Crippen molar-refractivity contribution in [3.63, 3.8) is 0 Å². The van der Waals surface area contributed by atoms with Crippen molar-refractivity contribution < 1.29 is 19.0 Å². The average Bonchev–Trinajstić information content (AvgIpc) is 3.43. The van der Waals surface area contributed by atoms with E-state index in [0.717, 1.165) is 33.9 Å².